The van der Waals surface area contributed by atoms with E-state index in [1.54, 1.807) is 13.1 Å². The zero-order valence-corrected chi connectivity index (χ0v) is 11.1. The first-order valence-corrected chi connectivity index (χ1v) is 6.67. The van der Waals surface area contributed by atoms with Crippen molar-refractivity contribution in [1.82, 2.24) is 19.6 Å². The fourth-order valence-corrected chi connectivity index (χ4v) is 2.48. The molecule has 0 spiro atoms. The molecular weight excluding hydrogens is 260 g/mol. The second-order valence-corrected chi connectivity index (χ2v) is 5.15. The lowest BCUT2D eigenvalue weighted by molar-refractivity contribution is 0.194. The van der Waals surface area contributed by atoms with Gasteiger partial charge in [-0.15, -0.1) is 10.2 Å². The van der Waals surface area contributed by atoms with Gasteiger partial charge in [0, 0.05) is 17.3 Å². The summed E-state index contributed by atoms with van der Waals surface area (Å²) in [6.07, 6.45) is 3.11. The van der Waals surface area contributed by atoms with Gasteiger partial charge in [0.05, 0.1) is 11.8 Å². The third kappa shape index (κ3) is 2.45. The maximum absolute atomic E-state index is 9.42. The summed E-state index contributed by atoms with van der Waals surface area (Å²) in [6.45, 7) is 1.70. The predicted octanol–water partition coefficient (Wildman–Crippen LogP) is 2.33. The summed E-state index contributed by atoms with van der Waals surface area (Å²) in [5.74, 6) is 0. The summed E-state index contributed by atoms with van der Waals surface area (Å²) in [6, 6.07) is 9.51. The Kier molecular flexibility index (Phi) is 3.18. The SMILES string of the molecule is C[C@@H](O)c1ccc(Sc2nnc3ccccn23)cn1. The van der Waals surface area contributed by atoms with Gasteiger partial charge in [0.1, 0.15) is 0 Å². The molecule has 6 heteroatoms. The van der Waals surface area contributed by atoms with E-state index in [1.165, 1.54) is 11.8 Å². The van der Waals surface area contributed by atoms with Crippen LogP contribution < -0.4 is 0 Å². The first kappa shape index (κ1) is 12.1. The molecule has 1 atom stereocenters. The first-order chi connectivity index (χ1) is 9.24. The smallest absolute Gasteiger partial charge is 0.200 e. The van der Waals surface area contributed by atoms with Crippen LogP contribution in [0, 0.1) is 0 Å². The van der Waals surface area contributed by atoms with Crippen molar-refractivity contribution in [1.29, 1.82) is 0 Å². The third-order valence-corrected chi connectivity index (χ3v) is 3.62. The molecule has 19 heavy (non-hydrogen) atoms. The molecule has 0 saturated heterocycles. The molecule has 0 aromatic carbocycles. The maximum atomic E-state index is 9.42. The van der Waals surface area contributed by atoms with E-state index >= 15 is 0 Å². The zero-order chi connectivity index (χ0) is 13.2. The molecule has 0 saturated carbocycles. The van der Waals surface area contributed by atoms with Gasteiger partial charge in [0.2, 0.25) is 0 Å². The Morgan fingerprint density at radius 1 is 1.21 bits per heavy atom. The van der Waals surface area contributed by atoms with Crippen molar-refractivity contribution in [3.05, 3.63) is 48.4 Å². The minimum atomic E-state index is -0.548. The molecule has 0 unspecified atom stereocenters. The van der Waals surface area contributed by atoms with Crippen molar-refractivity contribution in [3.63, 3.8) is 0 Å². The highest BCUT2D eigenvalue weighted by Crippen LogP contribution is 2.26. The number of rotatable bonds is 3. The Bertz CT molecular complexity index is 693. The lowest BCUT2D eigenvalue weighted by Gasteiger charge is -2.04. The first-order valence-electron chi connectivity index (χ1n) is 5.85. The molecular formula is C13H12N4OS. The van der Waals surface area contributed by atoms with Gasteiger partial charge in [-0.3, -0.25) is 9.38 Å². The fourth-order valence-electron chi connectivity index (χ4n) is 1.69. The van der Waals surface area contributed by atoms with E-state index in [-0.39, 0.29) is 0 Å². The Labute approximate surface area is 114 Å². The second kappa shape index (κ2) is 4.99. The van der Waals surface area contributed by atoms with Crippen LogP contribution in [0.15, 0.2) is 52.8 Å². The Balaban J connectivity index is 1.88. The van der Waals surface area contributed by atoms with Gasteiger partial charge in [-0.1, -0.05) is 6.07 Å². The number of hydrogen-bond donors (Lipinski definition) is 1. The summed E-state index contributed by atoms with van der Waals surface area (Å²) >= 11 is 1.49. The highest BCUT2D eigenvalue weighted by atomic mass is 32.2. The van der Waals surface area contributed by atoms with Crippen LogP contribution in [-0.2, 0) is 0 Å². The van der Waals surface area contributed by atoms with Crippen molar-refractivity contribution >= 4 is 17.4 Å². The number of aliphatic hydroxyl groups is 1. The van der Waals surface area contributed by atoms with Crippen LogP contribution >= 0.6 is 11.8 Å². The summed E-state index contributed by atoms with van der Waals surface area (Å²) in [4.78, 5) is 5.17. The monoisotopic (exact) mass is 272 g/mol. The van der Waals surface area contributed by atoms with Crippen LogP contribution in [0.3, 0.4) is 0 Å². The number of aromatic nitrogens is 4. The number of fused-ring (bicyclic) bond motifs is 1. The molecule has 5 nitrogen and oxygen atoms in total. The largest absolute Gasteiger partial charge is 0.387 e. The minimum absolute atomic E-state index is 0.548. The highest BCUT2D eigenvalue weighted by Gasteiger charge is 2.08. The van der Waals surface area contributed by atoms with E-state index in [0.29, 0.717) is 5.69 Å². The summed E-state index contributed by atoms with van der Waals surface area (Å²) in [5.41, 5.74) is 1.48. The number of hydrogen-bond acceptors (Lipinski definition) is 5. The molecule has 0 fully saturated rings. The molecule has 0 amide bonds. The molecule has 0 aliphatic carbocycles. The normalized spacial score (nSPS) is 12.7. The van der Waals surface area contributed by atoms with Crippen LogP contribution in [0.25, 0.3) is 5.65 Å². The zero-order valence-electron chi connectivity index (χ0n) is 10.3. The summed E-state index contributed by atoms with van der Waals surface area (Å²) in [5, 5.41) is 18.4. The van der Waals surface area contributed by atoms with E-state index in [0.717, 1.165) is 15.7 Å². The lowest BCUT2D eigenvalue weighted by atomic mass is 10.2. The Morgan fingerprint density at radius 2 is 2.11 bits per heavy atom. The molecule has 0 aliphatic heterocycles. The highest BCUT2D eigenvalue weighted by molar-refractivity contribution is 7.99. The van der Waals surface area contributed by atoms with Gasteiger partial charge in [-0.25, -0.2) is 0 Å². The van der Waals surface area contributed by atoms with Gasteiger partial charge in [-0.05, 0) is 43.0 Å². The molecule has 3 aromatic heterocycles. The van der Waals surface area contributed by atoms with Gasteiger partial charge in [0.25, 0.3) is 0 Å². The molecule has 1 N–H and O–H groups in total. The average Bonchev–Trinajstić information content (AvgIpc) is 2.83. The fraction of sp³-hybridized carbons (Fsp3) is 0.154. The maximum Gasteiger partial charge on any atom is 0.200 e. The van der Waals surface area contributed by atoms with Crippen molar-refractivity contribution in [3.8, 4) is 0 Å². The van der Waals surface area contributed by atoms with Gasteiger partial charge in [-0.2, -0.15) is 0 Å². The molecule has 0 bridgehead atoms. The lowest BCUT2D eigenvalue weighted by Crippen LogP contribution is -1.94. The van der Waals surface area contributed by atoms with E-state index in [2.05, 4.69) is 15.2 Å². The quantitative estimate of drug-likeness (QED) is 0.792. The van der Waals surface area contributed by atoms with Crippen molar-refractivity contribution < 1.29 is 5.11 Å². The Morgan fingerprint density at radius 3 is 2.84 bits per heavy atom. The molecule has 3 aromatic rings. The number of nitrogens with zero attached hydrogens (tertiary/aromatic N) is 4. The van der Waals surface area contributed by atoms with Gasteiger partial charge < -0.3 is 5.11 Å². The molecule has 3 rings (SSSR count). The van der Waals surface area contributed by atoms with Crippen LogP contribution in [0.4, 0.5) is 0 Å². The van der Waals surface area contributed by atoms with Gasteiger partial charge >= 0.3 is 0 Å². The van der Waals surface area contributed by atoms with E-state index in [1.807, 2.05) is 40.9 Å². The average molecular weight is 272 g/mol. The molecule has 3 heterocycles. The summed E-state index contributed by atoms with van der Waals surface area (Å²) < 4.78 is 1.92. The second-order valence-electron chi connectivity index (χ2n) is 4.11. The van der Waals surface area contributed by atoms with Crippen LogP contribution in [0.5, 0.6) is 0 Å². The van der Waals surface area contributed by atoms with Crippen LogP contribution in [-0.4, -0.2) is 24.7 Å². The van der Waals surface area contributed by atoms with Gasteiger partial charge in [0.15, 0.2) is 10.8 Å². The molecule has 96 valence electrons. The number of aliphatic hydroxyl groups excluding tert-OH is 1. The Hall–Kier alpha value is -1.92. The third-order valence-electron chi connectivity index (χ3n) is 2.68. The van der Waals surface area contributed by atoms with Crippen molar-refractivity contribution in [2.24, 2.45) is 0 Å². The topological polar surface area (TPSA) is 63.3 Å². The van der Waals surface area contributed by atoms with Crippen molar-refractivity contribution in [2.45, 2.75) is 23.1 Å². The van der Waals surface area contributed by atoms with Crippen LogP contribution in [0.1, 0.15) is 18.7 Å². The number of pyridine rings is 2. The standard InChI is InChI=1S/C13H12N4OS/c1-9(18)11-6-5-10(8-14-11)19-13-16-15-12-4-2-3-7-17(12)13/h2-9,18H,1H3/t9-/m1/s1. The molecule has 0 radical (unpaired) electrons. The minimum Gasteiger partial charge on any atom is -0.387 e. The van der Waals surface area contributed by atoms with Crippen LogP contribution in [0.2, 0.25) is 0 Å². The van der Waals surface area contributed by atoms with E-state index in [9.17, 15) is 5.11 Å². The van der Waals surface area contributed by atoms with E-state index < -0.39 is 6.10 Å². The predicted molar refractivity (Wildman–Crippen MR) is 72.0 cm³/mol. The van der Waals surface area contributed by atoms with E-state index in [4.69, 9.17) is 0 Å². The van der Waals surface area contributed by atoms with Crippen molar-refractivity contribution in [2.75, 3.05) is 0 Å². The summed E-state index contributed by atoms with van der Waals surface area (Å²) in [7, 11) is 0. The molecule has 0 aliphatic rings.